The molecule has 2 fully saturated rings. The Morgan fingerprint density at radius 1 is 1.30 bits per heavy atom. The fraction of sp³-hybridized carbons (Fsp3) is 0.733. The van der Waals surface area contributed by atoms with Crippen molar-refractivity contribution in [3.05, 3.63) is 11.3 Å². The standard InChI is InChI=1S/C15H23N5/c1-11-12(10-16)15(19(2)18-11)20-9-4-3-7-14(20)13-6-5-8-17-13/h13-14,17H,3-9H2,1-2H3. The second kappa shape index (κ2) is 5.45. The third kappa shape index (κ3) is 2.18. The topological polar surface area (TPSA) is 56.9 Å². The van der Waals surface area contributed by atoms with Crippen LogP contribution in [-0.2, 0) is 7.05 Å². The van der Waals surface area contributed by atoms with E-state index in [-0.39, 0.29) is 0 Å². The van der Waals surface area contributed by atoms with Gasteiger partial charge >= 0.3 is 0 Å². The number of hydrogen-bond acceptors (Lipinski definition) is 4. The average Bonchev–Trinajstić information content (AvgIpc) is 3.06. The molecule has 3 heterocycles. The van der Waals surface area contributed by atoms with Crippen LogP contribution in [0.2, 0.25) is 0 Å². The van der Waals surface area contributed by atoms with Gasteiger partial charge in [0.15, 0.2) is 0 Å². The SMILES string of the molecule is Cc1nn(C)c(N2CCCCC2C2CCCN2)c1C#N. The lowest BCUT2D eigenvalue weighted by Crippen LogP contribution is -2.51. The Bertz CT molecular complexity index is 521. The van der Waals surface area contributed by atoms with Gasteiger partial charge in [-0.25, -0.2) is 0 Å². The molecule has 0 spiro atoms. The van der Waals surface area contributed by atoms with Crippen LogP contribution in [0.5, 0.6) is 0 Å². The summed E-state index contributed by atoms with van der Waals surface area (Å²) < 4.78 is 1.89. The zero-order valence-corrected chi connectivity index (χ0v) is 12.4. The van der Waals surface area contributed by atoms with E-state index in [1.807, 2.05) is 18.7 Å². The molecule has 0 bridgehead atoms. The largest absolute Gasteiger partial charge is 0.351 e. The number of anilines is 1. The van der Waals surface area contributed by atoms with E-state index in [1.54, 1.807) is 0 Å². The first kappa shape index (κ1) is 13.4. The van der Waals surface area contributed by atoms with Crippen LogP contribution in [0.3, 0.4) is 0 Å². The van der Waals surface area contributed by atoms with Crippen molar-refractivity contribution in [2.75, 3.05) is 18.0 Å². The quantitative estimate of drug-likeness (QED) is 0.891. The highest BCUT2D eigenvalue weighted by atomic mass is 15.4. The summed E-state index contributed by atoms with van der Waals surface area (Å²) in [4.78, 5) is 2.44. The van der Waals surface area contributed by atoms with Gasteiger partial charge in [0.05, 0.1) is 5.69 Å². The average molecular weight is 273 g/mol. The predicted molar refractivity (Wildman–Crippen MR) is 78.7 cm³/mol. The molecular weight excluding hydrogens is 250 g/mol. The lowest BCUT2D eigenvalue weighted by atomic mass is 9.94. The van der Waals surface area contributed by atoms with Gasteiger partial charge in [-0.2, -0.15) is 10.4 Å². The lowest BCUT2D eigenvalue weighted by molar-refractivity contribution is 0.372. The Labute approximate surface area is 120 Å². The molecule has 2 atom stereocenters. The van der Waals surface area contributed by atoms with Crippen LogP contribution in [0.1, 0.15) is 43.4 Å². The maximum Gasteiger partial charge on any atom is 0.145 e. The Morgan fingerprint density at radius 2 is 2.15 bits per heavy atom. The van der Waals surface area contributed by atoms with E-state index in [1.165, 1.54) is 32.1 Å². The molecule has 1 aromatic rings. The van der Waals surface area contributed by atoms with E-state index >= 15 is 0 Å². The first-order chi connectivity index (χ1) is 9.72. The molecule has 20 heavy (non-hydrogen) atoms. The second-order valence-electron chi connectivity index (χ2n) is 5.98. The fourth-order valence-electron chi connectivity index (χ4n) is 3.78. The highest BCUT2D eigenvalue weighted by Gasteiger charge is 2.34. The van der Waals surface area contributed by atoms with Gasteiger partial charge in [0.1, 0.15) is 17.5 Å². The molecule has 2 aliphatic heterocycles. The number of nitriles is 1. The van der Waals surface area contributed by atoms with Crippen LogP contribution in [0.4, 0.5) is 5.82 Å². The number of rotatable bonds is 2. The Hall–Kier alpha value is -1.54. The Balaban J connectivity index is 1.95. The van der Waals surface area contributed by atoms with Gasteiger partial charge in [0, 0.05) is 25.7 Å². The zero-order chi connectivity index (χ0) is 14.1. The molecule has 2 saturated heterocycles. The summed E-state index contributed by atoms with van der Waals surface area (Å²) in [6.07, 6.45) is 6.23. The van der Waals surface area contributed by atoms with Crippen molar-refractivity contribution in [2.45, 2.75) is 51.1 Å². The summed E-state index contributed by atoms with van der Waals surface area (Å²) in [6.45, 7) is 4.09. The van der Waals surface area contributed by atoms with Crippen molar-refractivity contribution in [3.63, 3.8) is 0 Å². The fourth-order valence-corrected chi connectivity index (χ4v) is 3.78. The molecule has 0 amide bonds. The van der Waals surface area contributed by atoms with Gasteiger partial charge in [-0.3, -0.25) is 4.68 Å². The van der Waals surface area contributed by atoms with Crippen LogP contribution in [0.25, 0.3) is 0 Å². The molecule has 0 radical (unpaired) electrons. The van der Waals surface area contributed by atoms with Crippen LogP contribution < -0.4 is 10.2 Å². The first-order valence-electron chi connectivity index (χ1n) is 7.66. The Kier molecular flexibility index (Phi) is 3.66. The van der Waals surface area contributed by atoms with Crippen LogP contribution in [0.15, 0.2) is 0 Å². The molecule has 2 aliphatic rings. The molecule has 1 N–H and O–H groups in total. The normalized spacial score (nSPS) is 26.8. The van der Waals surface area contributed by atoms with Crippen molar-refractivity contribution >= 4 is 5.82 Å². The predicted octanol–water partition coefficient (Wildman–Crippen LogP) is 1.71. The van der Waals surface area contributed by atoms with Gasteiger partial charge < -0.3 is 10.2 Å². The lowest BCUT2D eigenvalue weighted by Gasteiger charge is -2.40. The van der Waals surface area contributed by atoms with Crippen molar-refractivity contribution in [1.82, 2.24) is 15.1 Å². The third-order valence-corrected chi connectivity index (χ3v) is 4.69. The summed E-state index contributed by atoms with van der Waals surface area (Å²) in [5.41, 5.74) is 1.59. The number of nitrogens with zero attached hydrogens (tertiary/aromatic N) is 4. The number of hydrogen-bond donors (Lipinski definition) is 1. The number of nitrogens with one attached hydrogen (secondary N) is 1. The van der Waals surface area contributed by atoms with Crippen molar-refractivity contribution in [1.29, 1.82) is 5.26 Å². The second-order valence-corrected chi connectivity index (χ2v) is 5.98. The number of piperidine rings is 1. The van der Waals surface area contributed by atoms with Gasteiger partial charge in [-0.1, -0.05) is 0 Å². The maximum atomic E-state index is 9.45. The minimum atomic E-state index is 0.508. The summed E-state index contributed by atoms with van der Waals surface area (Å²) in [6, 6.07) is 3.42. The number of aromatic nitrogens is 2. The minimum Gasteiger partial charge on any atom is -0.351 e. The Morgan fingerprint density at radius 3 is 2.85 bits per heavy atom. The third-order valence-electron chi connectivity index (χ3n) is 4.69. The van der Waals surface area contributed by atoms with Gasteiger partial charge in [-0.05, 0) is 45.6 Å². The van der Waals surface area contributed by atoms with Crippen LogP contribution >= 0.6 is 0 Å². The van der Waals surface area contributed by atoms with E-state index < -0.39 is 0 Å². The highest BCUT2D eigenvalue weighted by Crippen LogP contribution is 2.32. The van der Waals surface area contributed by atoms with E-state index in [4.69, 9.17) is 0 Å². The molecule has 5 heteroatoms. The maximum absolute atomic E-state index is 9.45. The minimum absolute atomic E-state index is 0.508. The van der Waals surface area contributed by atoms with E-state index in [2.05, 4.69) is 21.4 Å². The molecule has 2 unspecified atom stereocenters. The van der Waals surface area contributed by atoms with Gasteiger partial charge in [0.25, 0.3) is 0 Å². The summed E-state index contributed by atoms with van der Waals surface area (Å²) >= 11 is 0. The van der Waals surface area contributed by atoms with Crippen molar-refractivity contribution in [2.24, 2.45) is 7.05 Å². The molecule has 5 nitrogen and oxygen atoms in total. The van der Waals surface area contributed by atoms with E-state index in [9.17, 15) is 5.26 Å². The summed E-state index contributed by atoms with van der Waals surface area (Å²) in [5.74, 6) is 1.02. The monoisotopic (exact) mass is 273 g/mol. The van der Waals surface area contributed by atoms with E-state index in [0.29, 0.717) is 12.1 Å². The van der Waals surface area contributed by atoms with Crippen LogP contribution in [0, 0.1) is 18.3 Å². The molecule has 0 aliphatic carbocycles. The molecule has 3 rings (SSSR count). The van der Waals surface area contributed by atoms with E-state index in [0.717, 1.165) is 30.2 Å². The molecule has 0 aromatic carbocycles. The summed E-state index contributed by atoms with van der Waals surface area (Å²) in [7, 11) is 1.96. The highest BCUT2D eigenvalue weighted by molar-refractivity contribution is 5.58. The van der Waals surface area contributed by atoms with Gasteiger partial charge in [-0.15, -0.1) is 0 Å². The van der Waals surface area contributed by atoms with Crippen molar-refractivity contribution < 1.29 is 0 Å². The number of aryl methyl sites for hydroxylation is 2. The molecule has 0 saturated carbocycles. The van der Waals surface area contributed by atoms with Crippen LogP contribution in [-0.4, -0.2) is 35.0 Å². The molecular formula is C15H23N5. The van der Waals surface area contributed by atoms with Gasteiger partial charge in [0.2, 0.25) is 0 Å². The van der Waals surface area contributed by atoms with Crippen molar-refractivity contribution in [3.8, 4) is 6.07 Å². The molecule has 1 aromatic heterocycles. The molecule has 108 valence electrons. The summed E-state index contributed by atoms with van der Waals surface area (Å²) in [5, 5.41) is 17.5. The zero-order valence-electron chi connectivity index (χ0n) is 12.4. The smallest absolute Gasteiger partial charge is 0.145 e. The first-order valence-corrected chi connectivity index (χ1v) is 7.66.